The lowest BCUT2D eigenvalue weighted by Gasteiger charge is -2.09. The third-order valence-corrected chi connectivity index (χ3v) is 3.87. The van der Waals surface area contributed by atoms with Gasteiger partial charge < -0.3 is 10.5 Å². The van der Waals surface area contributed by atoms with Gasteiger partial charge in [0.05, 0.1) is 7.11 Å². The molecule has 0 aliphatic rings. The number of nitrogen functional groups attached to an aromatic ring is 1. The van der Waals surface area contributed by atoms with Crippen LogP contribution in [0.5, 0.6) is 5.75 Å². The molecular weight excluding hydrogens is 258 g/mol. The van der Waals surface area contributed by atoms with Gasteiger partial charge in [0.15, 0.2) is 0 Å². The summed E-state index contributed by atoms with van der Waals surface area (Å²) in [6, 6.07) is 7.88. The Morgan fingerprint density at radius 2 is 1.89 bits per heavy atom. The third-order valence-electron chi connectivity index (χ3n) is 2.78. The van der Waals surface area contributed by atoms with Gasteiger partial charge in [-0.25, -0.2) is 9.97 Å². The zero-order chi connectivity index (χ0) is 13.8. The van der Waals surface area contributed by atoms with Gasteiger partial charge in [0.25, 0.3) is 0 Å². The standard InChI is InChI=1S/C14H17N3OS/c1-4-12-16-13(15)9(2)14(17-12)19-11-7-5-10(18-3)6-8-11/h5-8H,4H2,1-3H3,(H2,15,16,17). The van der Waals surface area contributed by atoms with Gasteiger partial charge in [0, 0.05) is 16.9 Å². The molecule has 2 aromatic rings. The maximum atomic E-state index is 5.91. The van der Waals surface area contributed by atoms with Gasteiger partial charge in [-0.2, -0.15) is 0 Å². The van der Waals surface area contributed by atoms with Crippen LogP contribution in [-0.4, -0.2) is 17.1 Å². The van der Waals surface area contributed by atoms with Gasteiger partial charge >= 0.3 is 0 Å². The molecule has 100 valence electrons. The first-order valence-electron chi connectivity index (χ1n) is 6.09. The van der Waals surface area contributed by atoms with Crippen LogP contribution in [0.3, 0.4) is 0 Å². The Morgan fingerprint density at radius 3 is 2.47 bits per heavy atom. The molecular formula is C14H17N3OS. The molecule has 1 heterocycles. The average molecular weight is 275 g/mol. The number of aryl methyl sites for hydroxylation is 1. The second-order valence-electron chi connectivity index (χ2n) is 4.09. The molecule has 2 rings (SSSR count). The van der Waals surface area contributed by atoms with Crippen molar-refractivity contribution in [3.8, 4) is 5.75 Å². The van der Waals surface area contributed by atoms with Gasteiger partial charge in [0.1, 0.15) is 22.4 Å². The highest BCUT2D eigenvalue weighted by atomic mass is 32.2. The molecule has 0 unspecified atom stereocenters. The van der Waals surface area contributed by atoms with Gasteiger partial charge in [0.2, 0.25) is 0 Å². The topological polar surface area (TPSA) is 61.0 Å². The molecule has 0 saturated heterocycles. The van der Waals surface area contributed by atoms with E-state index >= 15 is 0 Å². The number of aromatic nitrogens is 2. The second kappa shape index (κ2) is 5.93. The van der Waals surface area contributed by atoms with Crippen LogP contribution in [0.25, 0.3) is 0 Å². The van der Waals surface area contributed by atoms with Crippen LogP contribution in [0, 0.1) is 6.92 Å². The van der Waals surface area contributed by atoms with E-state index in [1.165, 1.54) is 0 Å². The molecule has 1 aromatic carbocycles. The number of benzene rings is 1. The maximum Gasteiger partial charge on any atom is 0.131 e. The van der Waals surface area contributed by atoms with E-state index in [0.29, 0.717) is 5.82 Å². The summed E-state index contributed by atoms with van der Waals surface area (Å²) in [6.45, 7) is 3.96. The normalized spacial score (nSPS) is 10.5. The Balaban J connectivity index is 2.28. The Labute approximate surface area is 117 Å². The SMILES string of the molecule is CCc1nc(N)c(C)c(Sc2ccc(OC)cc2)n1. The molecule has 1 aromatic heterocycles. The summed E-state index contributed by atoms with van der Waals surface area (Å²) >= 11 is 1.59. The lowest BCUT2D eigenvalue weighted by Crippen LogP contribution is -2.03. The van der Waals surface area contributed by atoms with Crippen LogP contribution >= 0.6 is 11.8 Å². The van der Waals surface area contributed by atoms with Crippen molar-refractivity contribution < 1.29 is 4.74 Å². The molecule has 0 aliphatic carbocycles. The number of methoxy groups -OCH3 is 1. The number of nitrogens with two attached hydrogens (primary N) is 1. The second-order valence-corrected chi connectivity index (χ2v) is 5.15. The Hall–Kier alpha value is -1.75. The minimum absolute atomic E-state index is 0.558. The summed E-state index contributed by atoms with van der Waals surface area (Å²) in [5.41, 5.74) is 6.84. The largest absolute Gasteiger partial charge is 0.497 e. The molecule has 0 radical (unpaired) electrons. The van der Waals surface area contributed by atoms with Crippen LogP contribution in [0.15, 0.2) is 34.2 Å². The van der Waals surface area contributed by atoms with Gasteiger partial charge in [-0.3, -0.25) is 0 Å². The predicted molar refractivity (Wildman–Crippen MR) is 77.7 cm³/mol. The highest BCUT2D eigenvalue weighted by molar-refractivity contribution is 7.99. The van der Waals surface area contributed by atoms with E-state index in [4.69, 9.17) is 10.5 Å². The fourth-order valence-electron chi connectivity index (χ4n) is 1.57. The minimum Gasteiger partial charge on any atom is -0.497 e. The molecule has 0 aliphatic heterocycles. The van der Waals surface area contributed by atoms with E-state index in [9.17, 15) is 0 Å². The molecule has 0 atom stereocenters. The number of rotatable bonds is 4. The number of ether oxygens (including phenoxy) is 1. The van der Waals surface area contributed by atoms with Crippen LogP contribution in [-0.2, 0) is 6.42 Å². The summed E-state index contributed by atoms with van der Waals surface area (Å²) in [4.78, 5) is 9.89. The molecule has 2 N–H and O–H groups in total. The van der Waals surface area contributed by atoms with Crippen molar-refractivity contribution >= 4 is 17.6 Å². The number of anilines is 1. The molecule has 0 bridgehead atoms. The summed E-state index contributed by atoms with van der Waals surface area (Å²) < 4.78 is 5.14. The monoisotopic (exact) mass is 275 g/mol. The highest BCUT2D eigenvalue weighted by Gasteiger charge is 2.09. The molecule has 5 heteroatoms. The van der Waals surface area contributed by atoms with E-state index in [1.54, 1.807) is 18.9 Å². The first-order chi connectivity index (χ1) is 9.13. The number of hydrogen-bond acceptors (Lipinski definition) is 5. The third kappa shape index (κ3) is 3.17. The Kier molecular flexibility index (Phi) is 4.27. The summed E-state index contributed by atoms with van der Waals surface area (Å²) in [6.07, 6.45) is 0.778. The van der Waals surface area contributed by atoms with Crippen molar-refractivity contribution in [1.82, 2.24) is 9.97 Å². The van der Waals surface area contributed by atoms with Crippen LogP contribution in [0.2, 0.25) is 0 Å². The molecule has 0 spiro atoms. The zero-order valence-electron chi connectivity index (χ0n) is 11.3. The molecule has 0 saturated carbocycles. The quantitative estimate of drug-likeness (QED) is 0.869. The van der Waals surface area contributed by atoms with E-state index in [1.807, 2.05) is 38.1 Å². The fourth-order valence-corrected chi connectivity index (χ4v) is 2.48. The van der Waals surface area contributed by atoms with E-state index < -0.39 is 0 Å². The Morgan fingerprint density at radius 1 is 1.21 bits per heavy atom. The number of hydrogen-bond donors (Lipinski definition) is 1. The number of nitrogens with zero attached hydrogens (tertiary/aromatic N) is 2. The van der Waals surface area contributed by atoms with Crippen molar-refractivity contribution in [1.29, 1.82) is 0 Å². The van der Waals surface area contributed by atoms with E-state index in [0.717, 1.165) is 33.5 Å². The fraction of sp³-hybridized carbons (Fsp3) is 0.286. The summed E-state index contributed by atoms with van der Waals surface area (Å²) in [5, 5.41) is 0.912. The maximum absolute atomic E-state index is 5.91. The van der Waals surface area contributed by atoms with Crippen LogP contribution in [0.1, 0.15) is 18.3 Å². The molecule has 0 amide bonds. The first kappa shape index (κ1) is 13.7. The van der Waals surface area contributed by atoms with Crippen molar-refractivity contribution in [2.75, 3.05) is 12.8 Å². The van der Waals surface area contributed by atoms with Crippen molar-refractivity contribution in [3.63, 3.8) is 0 Å². The van der Waals surface area contributed by atoms with Crippen molar-refractivity contribution in [2.45, 2.75) is 30.2 Å². The smallest absolute Gasteiger partial charge is 0.131 e. The summed E-state index contributed by atoms with van der Waals surface area (Å²) in [5.74, 6) is 2.18. The van der Waals surface area contributed by atoms with E-state index in [2.05, 4.69) is 9.97 Å². The van der Waals surface area contributed by atoms with Gasteiger partial charge in [-0.05, 0) is 31.2 Å². The van der Waals surface area contributed by atoms with Crippen LogP contribution < -0.4 is 10.5 Å². The van der Waals surface area contributed by atoms with E-state index in [-0.39, 0.29) is 0 Å². The van der Waals surface area contributed by atoms with Gasteiger partial charge in [-0.1, -0.05) is 18.7 Å². The minimum atomic E-state index is 0.558. The first-order valence-corrected chi connectivity index (χ1v) is 6.90. The molecule has 0 fully saturated rings. The highest BCUT2D eigenvalue weighted by Crippen LogP contribution is 2.31. The van der Waals surface area contributed by atoms with Crippen LogP contribution in [0.4, 0.5) is 5.82 Å². The zero-order valence-corrected chi connectivity index (χ0v) is 12.1. The van der Waals surface area contributed by atoms with Gasteiger partial charge in [-0.15, -0.1) is 0 Å². The van der Waals surface area contributed by atoms with Crippen molar-refractivity contribution in [3.05, 3.63) is 35.7 Å². The summed E-state index contributed by atoms with van der Waals surface area (Å²) in [7, 11) is 1.66. The lowest BCUT2D eigenvalue weighted by atomic mass is 10.3. The Bertz CT molecular complexity index is 570. The molecule has 4 nitrogen and oxygen atoms in total. The lowest BCUT2D eigenvalue weighted by molar-refractivity contribution is 0.414. The predicted octanol–water partition coefficient (Wildman–Crippen LogP) is 3.09. The molecule has 19 heavy (non-hydrogen) atoms. The average Bonchev–Trinajstić information content (AvgIpc) is 2.44. The van der Waals surface area contributed by atoms with Crippen molar-refractivity contribution in [2.24, 2.45) is 0 Å².